The number of aliphatic hydroxyl groups is 2. The van der Waals surface area contributed by atoms with Crippen LogP contribution in [0.2, 0.25) is 0 Å². The van der Waals surface area contributed by atoms with Crippen LogP contribution in [0.3, 0.4) is 0 Å². The molecule has 2 nitrogen and oxygen atoms in total. The van der Waals surface area contributed by atoms with Crippen molar-refractivity contribution in [2.24, 2.45) is 0 Å². The summed E-state index contributed by atoms with van der Waals surface area (Å²) in [5.41, 5.74) is 0. The lowest BCUT2D eigenvalue weighted by Gasteiger charge is -2.00. The lowest BCUT2D eigenvalue weighted by atomic mass is 10.2. The highest BCUT2D eigenvalue weighted by Gasteiger charge is 1.95. The van der Waals surface area contributed by atoms with Crippen molar-refractivity contribution < 1.29 is 10.2 Å². The van der Waals surface area contributed by atoms with Gasteiger partial charge in [-0.25, -0.2) is 0 Å². The van der Waals surface area contributed by atoms with Gasteiger partial charge in [0.05, 0.1) is 12.7 Å². The predicted molar refractivity (Wildman–Crippen MR) is 46.4 cm³/mol. The van der Waals surface area contributed by atoms with Gasteiger partial charge in [-0.05, 0) is 12.8 Å². The molecule has 0 unspecified atom stereocenters. The summed E-state index contributed by atoms with van der Waals surface area (Å²) in [4.78, 5) is 0. The van der Waals surface area contributed by atoms with Crippen molar-refractivity contribution in [1.82, 2.24) is 0 Å². The summed E-state index contributed by atoms with van der Waals surface area (Å²) in [5, 5.41) is 17.4. The first-order valence-electron chi connectivity index (χ1n) is 4.25. The molecule has 0 aromatic rings. The monoisotopic (exact) mass is 158 g/mol. The van der Waals surface area contributed by atoms with E-state index in [0.29, 0.717) is 6.42 Å². The minimum atomic E-state index is -0.576. The molecule has 0 fully saturated rings. The van der Waals surface area contributed by atoms with Crippen molar-refractivity contribution >= 4 is 0 Å². The Morgan fingerprint density at radius 3 is 2.64 bits per heavy atom. The molecule has 2 heteroatoms. The molecule has 0 heterocycles. The Kier molecular flexibility index (Phi) is 7.52. The van der Waals surface area contributed by atoms with Gasteiger partial charge in [0.25, 0.3) is 0 Å². The second kappa shape index (κ2) is 7.76. The summed E-state index contributed by atoms with van der Waals surface area (Å²) in [6.45, 7) is 2.01. The van der Waals surface area contributed by atoms with Crippen molar-refractivity contribution in [3.8, 4) is 0 Å². The maximum Gasteiger partial charge on any atom is 0.0805 e. The summed E-state index contributed by atoms with van der Waals surface area (Å²) in [5.74, 6) is 0. The molecule has 0 aliphatic rings. The van der Waals surface area contributed by atoms with Gasteiger partial charge in [-0.2, -0.15) is 0 Å². The Balaban J connectivity index is 3.15. The van der Waals surface area contributed by atoms with Crippen molar-refractivity contribution in [2.75, 3.05) is 6.61 Å². The van der Waals surface area contributed by atoms with Gasteiger partial charge in [0, 0.05) is 0 Å². The van der Waals surface area contributed by atoms with Crippen LogP contribution in [0.25, 0.3) is 0 Å². The fourth-order valence-electron chi connectivity index (χ4n) is 0.768. The van der Waals surface area contributed by atoms with E-state index in [0.717, 1.165) is 6.42 Å². The standard InChI is InChI=1S/C9H18O2/c1-2-3-4-5-6-7-9(11)8-10/h5-6,9-11H,2-4,7-8H2,1H3/b6-5-/t9-/m1/s1. The first-order valence-corrected chi connectivity index (χ1v) is 4.25. The van der Waals surface area contributed by atoms with E-state index in [1.807, 2.05) is 6.08 Å². The molecule has 0 aliphatic carbocycles. The molecule has 0 aliphatic heterocycles. The molecule has 0 radical (unpaired) electrons. The molecule has 0 saturated carbocycles. The lowest BCUT2D eigenvalue weighted by Crippen LogP contribution is -2.09. The second-order valence-corrected chi connectivity index (χ2v) is 2.69. The molecule has 0 bridgehead atoms. The van der Waals surface area contributed by atoms with E-state index in [9.17, 15) is 0 Å². The van der Waals surface area contributed by atoms with Gasteiger partial charge in [-0.3, -0.25) is 0 Å². The fourth-order valence-corrected chi connectivity index (χ4v) is 0.768. The molecular weight excluding hydrogens is 140 g/mol. The number of allylic oxidation sites excluding steroid dienone is 1. The van der Waals surface area contributed by atoms with Crippen LogP contribution in [0.1, 0.15) is 32.6 Å². The molecule has 0 spiro atoms. The van der Waals surface area contributed by atoms with E-state index in [-0.39, 0.29) is 6.61 Å². The lowest BCUT2D eigenvalue weighted by molar-refractivity contribution is 0.0975. The molecule has 2 N–H and O–H groups in total. The van der Waals surface area contributed by atoms with Gasteiger partial charge in [-0.15, -0.1) is 0 Å². The first-order chi connectivity index (χ1) is 5.31. The average Bonchev–Trinajstić information content (AvgIpc) is 2.04. The van der Waals surface area contributed by atoms with Crippen molar-refractivity contribution in [2.45, 2.75) is 38.7 Å². The molecule has 11 heavy (non-hydrogen) atoms. The van der Waals surface area contributed by atoms with Crippen LogP contribution < -0.4 is 0 Å². The summed E-state index contributed by atoms with van der Waals surface area (Å²) in [6, 6.07) is 0. The number of rotatable bonds is 6. The van der Waals surface area contributed by atoms with Crippen molar-refractivity contribution in [3.05, 3.63) is 12.2 Å². The van der Waals surface area contributed by atoms with Gasteiger partial charge in [0.2, 0.25) is 0 Å². The van der Waals surface area contributed by atoms with Crippen LogP contribution in [0.4, 0.5) is 0 Å². The topological polar surface area (TPSA) is 40.5 Å². The van der Waals surface area contributed by atoms with Gasteiger partial charge >= 0.3 is 0 Å². The molecule has 1 atom stereocenters. The van der Waals surface area contributed by atoms with E-state index in [2.05, 4.69) is 13.0 Å². The highest BCUT2D eigenvalue weighted by atomic mass is 16.3. The van der Waals surface area contributed by atoms with E-state index in [4.69, 9.17) is 10.2 Å². The quantitative estimate of drug-likeness (QED) is 0.454. The second-order valence-electron chi connectivity index (χ2n) is 2.69. The molecule has 0 aromatic carbocycles. The normalized spacial score (nSPS) is 14.1. The largest absolute Gasteiger partial charge is 0.394 e. The fraction of sp³-hybridized carbons (Fsp3) is 0.778. The zero-order valence-corrected chi connectivity index (χ0v) is 7.16. The van der Waals surface area contributed by atoms with Gasteiger partial charge in [-0.1, -0.05) is 31.9 Å². The van der Waals surface area contributed by atoms with Gasteiger partial charge in [0.15, 0.2) is 0 Å². The minimum absolute atomic E-state index is 0.141. The van der Waals surface area contributed by atoms with Crippen LogP contribution in [-0.2, 0) is 0 Å². The minimum Gasteiger partial charge on any atom is -0.394 e. The summed E-state index contributed by atoms with van der Waals surface area (Å²) in [6.07, 6.45) is 7.46. The van der Waals surface area contributed by atoms with Crippen LogP contribution >= 0.6 is 0 Å². The zero-order valence-electron chi connectivity index (χ0n) is 7.16. The molecule has 66 valence electrons. The number of aliphatic hydroxyl groups excluding tert-OH is 2. The van der Waals surface area contributed by atoms with Crippen LogP contribution in [0, 0.1) is 0 Å². The van der Waals surface area contributed by atoms with Crippen molar-refractivity contribution in [1.29, 1.82) is 0 Å². The molecular formula is C9H18O2. The Bertz CT molecular complexity index is 99.7. The third-order valence-electron chi connectivity index (χ3n) is 1.51. The Hall–Kier alpha value is -0.340. The maximum absolute atomic E-state index is 8.91. The Labute approximate surface area is 68.6 Å². The maximum atomic E-state index is 8.91. The SMILES string of the molecule is CCCC/C=C\C[C@@H](O)CO. The van der Waals surface area contributed by atoms with Crippen LogP contribution in [0.5, 0.6) is 0 Å². The third kappa shape index (κ3) is 7.56. The van der Waals surface area contributed by atoms with E-state index in [1.54, 1.807) is 0 Å². The van der Waals surface area contributed by atoms with Gasteiger partial charge in [0.1, 0.15) is 0 Å². The van der Waals surface area contributed by atoms with Gasteiger partial charge < -0.3 is 10.2 Å². The highest BCUT2D eigenvalue weighted by molar-refractivity contribution is 4.83. The molecule has 0 saturated heterocycles. The van der Waals surface area contributed by atoms with E-state index in [1.165, 1.54) is 12.8 Å². The highest BCUT2D eigenvalue weighted by Crippen LogP contribution is 1.97. The number of hydrogen-bond donors (Lipinski definition) is 2. The van der Waals surface area contributed by atoms with E-state index < -0.39 is 6.10 Å². The van der Waals surface area contributed by atoms with Crippen molar-refractivity contribution in [3.63, 3.8) is 0 Å². The third-order valence-corrected chi connectivity index (χ3v) is 1.51. The van der Waals surface area contributed by atoms with E-state index >= 15 is 0 Å². The zero-order chi connectivity index (χ0) is 8.53. The average molecular weight is 158 g/mol. The Morgan fingerprint density at radius 2 is 2.09 bits per heavy atom. The smallest absolute Gasteiger partial charge is 0.0805 e. The van der Waals surface area contributed by atoms with Crippen LogP contribution in [-0.4, -0.2) is 22.9 Å². The molecule has 0 rings (SSSR count). The summed E-state index contributed by atoms with van der Waals surface area (Å²) < 4.78 is 0. The molecule has 0 aromatic heterocycles. The number of hydrogen-bond acceptors (Lipinski definition) is 2. The Morgan fingerprint density at radius 1 is 1.36 bits per heavy atom. The predicted octanol–water partition coefficient (Wildman–Crippen LogP) is 1.48. The molecule has 0 amide bonds. The summed E-state index contributed by atoms with van der Waals surface area (Å²) >= 11 is 0. The first kappa shape index (κ1) is 10.7. The summed E-state index contributed by atoms with van der Waals surface area (Å²) in [7, 11) is 0. The van der Waals surface area contributed by atoms with Crippen LogP contribution in [0.15, 0.2) is 12.2 Å². The number of unbranched alkanes of at least 4 members (excludes halogenated alkanes) is 2.